The van der Waals surface area contributed by atoms with E-state index < -0.39 is 23.9 Å². The van der Waals surface area contributed by atoms with E-state index in [0.717, 1.165) is 13.8 Å². The number of carbonyl (C=O) groups excluding carboxylic acids is 2. The first-order valence-electron chi connectivity index (χ1n) is 5.82. The zero-order valence-corrected chi connectivity index (χ0v) is 12.7. The van der Waals surface area contributed by atoms with Gasteiger partial charge in [-0.15, -0.1) is 0 Å². The van der Waals surface area contributed by atoms with Gasteiger partial charge in [0.05, 0.1) is 25.3 Å². The van der Waals surface area contributed by atoms with Crippen molar-refractivity contribution < 1.29 is 38.9 Å². The fourth-order valence-corrected chi connectivity index (χ4v) is 1.06. The van der Waals surface area contributed by atoms with E-state index in [1.54, 1.807) is 12.1 Å². The summed E-state index contributed by atoms with van der Waals surface area (Å²) in [6.07, 6.45) is 0. The van der Waals surface area contributed by atoms with Crippen molar-refractivity contribution in [3.05, 3.63) is 35.4 Å². The Morgan fingerprint density at radius 2 is 1.00 bits per heavy atom. The molecule has 0 radical (unpaired) electrons. The van der Waals surface area contributed by atoms with Crippen LogP contribution in [-0.2, 0) is 19.1 Å². The predicted octanol–water partition coefficient (Wildman–Crippen LogP) is 1.44. The Bertz CT molecular complexity index is 466. The fraction of sp³-hybridized carbons (Fsp3) is 0.286. The molecule has 122 valence electrons. The standard InChI is InChI=1S/C10H10O4.2C2H4O2/c1-13-9(11)7-5-3-4-6-8(7)10(12)14-2;2*1-2(3)4/h3-6H,1-2H3;2*1H3,(H,3,4). The normalized spacial score (nSPS) is 8.18. The number of benzene rings is 1. The van der Waals surface area contributed by atoms with E-state index in [1.165, 1.54) is 26.4 Å². The highest BCUT2D eigenvalue weighted by Gasteiger charge is 2.16. The van der Waals surface area contributed by atoms with Crippen LogP contribution in [0.3, 0.4) is 0 Å². The fourth-order valence-electron chi connectivity index (χ4n) is 1.06. The van der Waals surface area contributed by atoms with Crippen molar-refractivity contribution in [1.82, 2.24) is 0 Å². The Hall–Kier alpha value is -2.90. The summed E-state index contributed by atoms with van der Waals surface area (Å²) in [5.74, 6) is -2.77. The number of carboxylic acids is 2. The Labute approximate surface area is 127 Å². The highest BCUT2D eigenvalue weighted by Crippen LogP contribution is 2.10. The summed E-state index contributed by atoms with van der Waals surface area (Å²) in [6, 6.07) is 6.33. The second-order valence-electron chi connectivity index (χ2n) is 3.57. The Morgan fingerprint density at radius 1 is 0.773 bits per heavy atom. The number of carboxylic acid groups (broad SMARTS) is 2. The molecule has 8 nitrogen and oxygen atoms in total. The number of esters is 2. The molecule has 0 heterocycles. The number of carbonyl (C=O) groups is 4. The van der Waals surface area contributed by atoms with E-state index in [9.17, 15) is 9.59 Å². The summed E-state index contributed by atoms with van der Waals surface area (Å²) in [5, 5.41) is 14.8. The van der Waals surface area contributed by atoms with Gasteiger partial charge in [-0.25, -0.2) is 9.59 Å². The molecule has 1 aromatic carbocycles. The highest BCUT2D eigenvalue weighted by atomic mass is 16.5. The first-order valence-corrected chi connectivity index (χ1v) is 5.82. The maximum absolute atomic E-state index is 11.2. The van der Waals surface area contributed by atoms with Crippen molar-refractivity contribution in [3.8, 4) is 0 Å². The van der Waals surface area contributed by atoms with Gasteiger partial charge < -0.3 is 19.7 Å². The topological polar surface area (TPSA) is 127 Å². The van der Waals surface area contributed by atoms with Gasteiger partial charge in [0.25, 0.3) is 11.9 Å². The van der Waals surface area contributed by atoms with Crippen LogP contribution in [0, 0.1) is 0 Å². The molecule has 0 atom stereocenters. The molecule has 0 fully saturated rings. The van der Waals surface area contributed by atoms with Gasteiger partial charge in [0.15, 0.2) is 0 Å². The molecular formula is C14H18O8. The molecule has 22 heavy (non-hydrogen) atoms. The van der Waals surface area contributed by atoms with Crippen LogP contribution >= 0.6 is 0 Å². The van der Waals surface area contributed by atoms with Crippen LogP contribution in [0.1, 0.15) is 34.6 Å². The lowest BCUT2D eigenvalue weighted by atomic mass is 10.1. The number of ether oxygens (including phenoxy) is 2. The number of methoxy groups -OCH3 is 2. The first-order chi connectivity index (χ1) is 10.2. The van der Waals surface area contributed by atoms with Crippen LogP contribution in [0.15, 0.2) is 24.3 Å². The van der Waals surface area contributed by atoms with Crippen LogP contribution in [0.5, 0.6) is 0 Å². The Kier molecular flexibility index (Phi) is 11.6. The zero-order chi connectivity index (χ0) is 17.7. The molecule has 1 aromatic rings. The summed E-state index contributed by atoms with van der Waals surface area (Å²) in [4.78, 5) is 40.4. The summed E-state index contributed by atoms with van der Waals surface area (Å²) in [7, 11) is 2.52. The molecule has 8 heteroatoms. The van der Waals surface area contributed by atoms with Crippen molar-refractivity contribution in [1.29, 1.82) is 0 Å². The quantitative estimate of drug-likeness (QED) is 0.785. The van der Waals surface area contributed by atoms with Crippen molar-refractivity contribution >= 4 is 23.9 Å². The average molecular weight is 314 g/mol. The Balaban J connectivity index is 0. The van der Waals surface area contributed by atoms with Crippen molar-refractivity contribution in [2.75, 3.05) is 14.2 Å². The number of rotatable bonds is 2. The Morgan fingerprint density at radius 3 is 1.18 bits per heavy atom. The molecule has 0 saturated heterocycles. The van der Waals surface area contributed by atoms with E-state index in [-0.39, 0.29) is 11.1 Å². The summed E-state index contributed by atoms with van der Waals surface area (Å²) >= 11 is 0. The third kappa shape index (κ3) is 11.0. The molecule has 0 aliphatic carbocycles. The minimum atomic E-state index is -0.833. The molecule has 2 N–H and O–H groups in total. The maximum atomic E-state index is 11.2. The molecule has 0 aliphatic rings. The van der Waals surface area contributed by atoms with Gasteiger partial charge in [0, 0.05) is 13.8 Å². The zero-order valence-electron chi connectivity index (χ0n) is 12.7. The molecule has 0 bridgehead atoms. The summed E-state index contributed by atoms with van der Waals surface area (Å²) < 4.78 is 9.05. The summed E-state index contributed by atoms with van der Waals surface area (Å²) in [6.45, 7) is 2.17. The van der Waals surface area contributed by atoms with E-state index in [4.69, 9.17) is 19.8 Å². The van der Waals surface area contributed by atoms with Gasteiger partial charge in [-0.05, 0) is 12.1 Å². The monoisotopic (exact) mass is 314 g/mol. The smallest absolute Gasteiger partial charge is 0.338 e. The lowest BCUT2D eigenvalue weighted by Crippen LogP contribution is -2.11. The van der Waals surface area contributed by atoms with Crippen molar-refractivity contribution in [3.63, 3.8) is 0 Å². The lowest BCUT2D eigenvalue weighted by Gasteiger charge is -2.04. The largest absolute Gasteiger partial charge is 0.481 e. The van der Waals surface area contributed by atoms with Crippen LogP contribution in [-0.4, -0.2) is 48.3 Å². The second kappa shape index (κ2) is 11.9. The molecule has 0 unspecified atom stereocenters. The maximum Gasteiger partial charge on any atom is 0.338 e. The van der Waals surface area contributed by atoms with Gasteiger partial charge in [-0.2, -0.15) is 0 Å². The van der Waals surface area contributed by atoms with Crippen LogP contribution in [0.2, 0.25) is 0 Å². The summed E-state index contributed by atoms with van der Waals surface area (Å²) in [5.41, 5.74) is 0.420. The minimum Gasteiger partial charge on any atom is -0.481 e. The molecule has 0 saturated carbocycles. The van der Waals surface area contributed by atoms with Gasteiger partial charge in [-0.1, -0.05) is 12.1 Å². The molecule has 0 amide bonds. The number of hydrogen-bond donors (Lipinski definition) is 2. The van der Waals surface area contributed by atoms with Crippen LogP contribution in [0.4, 0.5) is 0 Å². The van der Waals surface area contributed by atoms with Gasteiger partial charge in [-0.3, -0.25) is 9.59 Å². The second-order valence-corrected chi connectivity index (χ2v) is 3.57. The molecular weight excluding hydrogens is 296 g/mol. The van der Waals surface area contributed by atoms with Crippen LogP contribution in [0.25, 0.3) is 0 Å². The number of aliphatic carboxylic acids is 2. The van der Waals surface area contributed by atoms with E-state index in [1.807, 2.05) is 0 Å². The third-order valence-electron chi connectivity index (χ3n) is 1.74. The van der Waals surface area contributed by atoms with Gasteiger partial charge in [0.1, 0.15) is 0 Å². The van der Waals surface area contributed by atoms with E-state index in [2.05, 4.69) is 9.47 Å². The third-order valence-corrected chi connectivity index (χ3v) is 1.74. The van der Waals surface area contributed by atoms with Crippen molar-refractivity contribution in [2.45, 2.75) is 13.8 Å². The van der Waals surface area contributed by atoms with Gasteiger partial charge in [0.2, 0.25) is 0 Å². The number of hydrogen-bond acceptors (Lipinski definition) is 6. The minimum absolute atomic E-state index is 0.210. The predicted molar refractivity (Wildman–Crippen MR) is 75.7 cm³/mol. The molecule has 0 aliphatic heterocycles. The van der Waals surface area contributed by atoms with Gasteiger partial charge >= 0.3 is 11.9 Å². The van der Waals surface area contributed by atoms with E-state index in [0.29, 0.717) is 0 Å². The highest BCUT2D eigenvalue weighted by molar-refractivity contribution is 6.03. The SMILES string of the molecule is CC(=O)O.CC(=O)O.COC(=O)c1ccccc1C(=O)OC. The van der Waals surface area contributed by atoms with Crippen LogP contribution < -0.4 is 0 Å². The van der Waals surface area contributed by atoms with Crippen molar-refractivity contribution in [2.24, 2.45) is 0 Å². The van der Waals surface area contributed by atoms with E-state index >= 15 is 0 Å². The molecule has 1 rings (SSSR count). The average Bonchev–Trinajstić information content (AvgIpc) is 2.44. The molecule has 0 spiro atoms. The first kappa shape index (κ1) is 21.4. The molecule has 0 aromatic heterocycles. The lowest BCUT2D eigenvalue weighted by molar-refractivity contribution is -0.135.